The number of benzene rings is 3. The van der Waals surface area contributed by atoms with E-state index in [2.05, 4.69) is 0 Å². The standard InChI is InChI=1S/C23H23NO2/c24-23(20-14-8-3-9-15-20)21(19-12-6-2-7-13-19)16-22(25)26-17-18-10-4-1-5-11-18/h1-15,21,23H,16-17,24H2. The molecule has 0 amide bonds. The second-order valence-corrected chi connectivity index (χ2v) is 6.30. The van der Waals surface area contributed by atoms with Gasteiger partial charge in [-0.2, -0.15) is 0 Å². The summed E-state index contributed by atoms with van der Waals surface area (Å²) < 4.78 is 5.47. The summed E-state index contributed by atoms with van der Waals surface area (Å²) in [6.45, 7) is 0.280. The van der Waals surface area contributed by atoms with Crippen LogP contribution >= 0.6 is 0 Å². The van der Waals surface area contributed by atoms with Gasteiger partial charge < -0.3 is 10.5 Å². The maximum atomic E-state index is 12.5. The fourth-order valence-electron chi connectivity index (χ4n) is 3.04. The van der Waals surface area contributed by atoms with E-state index in [9.17, 15) is 4.79 Å². The van der Waals surface area contributed by atoms with Crippen LogP contribution in [0.4, 0.5) is 0 Å². The molecule has 0 heterocycles. The van der Waals surface area contributed by atoms with E-state index in [0.717, 1.165) is 16.7 Å². The van der Waals surface area contributed by atoms with Crippen molar-refractivity contribution < 1.29 is 9.53 Å². The largest absolute Gasteiger partial charge is 0.461 e. The van der Waals surface area contributed by atoms with Crippen LogP contribution in [0.15, 0.2) is 91.0 Å². The molecule has 0 aromatic heterocycles. The second-order valence-electron chi connectivity index (χ2n) is 6.30. The van der Waals surface area contributed by atoms with E-state index in [1.165, 1.54) is 0 Å². The van der Waals surface area contributed by atoms with Crippen molar-refractivity contribution in [3.8, 4) is 0 Å². The fourth-order valence-corrected chi connectivity index (χ4v) is 3.04. The van der Waals surface area contributed by atoms with E-state index in [1.807, 2.05) is 91.0 Å². The monoisotopic (exact) mass is 345 g/mol. The van der Waals surface area contributed by atoms with Crippen molar-refractivity contribution >= 4 is 5.97 Å². The van der Waals surface area contributed by atoms with Gasteiger partial charge in [0.15, 0.2) is 0 Å². The van der Waals surface area contributed by atoms with Gasteiger partial charge in [-0.15, -0.1) is 0 Å². The van der Waals surface area contributed by atoms with Gasteiger partial charge in [0, 0.05) is 12.0 Å². The van der Waals surface area contributed by atoms with Crippen LogP contribution in [0.5, 0.6) is 0 Å². The Morgan fingerprint density at radius 2 is 1.27 bits per heavy atom. The molecule has 0 bridgehead atoms. The number of ether oxygens (including phenoxy) is 1. The molecule has 0 radical (unpaired) electrons. The summed E-state index contributed by atoms with van der Waals surface area (Å²) in [6, 6.07) is 29.2. The van der Waals surface area contributed by atoms with Gasteiger partial charge >= 0.3 is 5.97 Å². The summed E-state index contributed by atoms with van der Waals surface area (Å²) in [6.07, 6.45) is 0.243. The van der Waals surface area contributed by atoms with Crippen LogP contribution in [-0.2, 0) is 16.1 Å². The van der Waals surface area contributed by atoms with Gasteiger partial charge in [0.1, 0.15) is 6.61 Å². The van der Waals surface area contributed by atoms with Crippen molar-refractivity contribution in [1.29, 1.82) is 0 Å². The lowest BCUT2D eigenvalue weighted by Crippen LogP contribution is -2.23. The first-order chi connectivity index (χ1) is 12.7. The van der Waals surface area contributed by atoms with Crippen molar-refractivity contribution in [3.63, 3.8) is 0 Å². The van der Waals surface area contributed by atoms with Crippen LogP contribution in [0.3, 0.4) is 0 Å². The van der Waals surface area contributed by atoms with Gasteiger partial charge in [-0.3, -0.25) is 4.79 Å². The molecule has 2 atom stereocenters. The first-order valence-corrected chi connectivity index (χ1v) is 8.79. The van der Waals surface area contributed by atoms with Crippen LogP contribution in [0, 0.1) is 0 Å². The molecule has 0 aliphatic carbocycles. The number of esters is 1. The summed E-state index contributed by atoms with van der Waals surface area (Å²) >= 11 is 0. The zero-order chi connectivity index (χ0) is 18.2. The average molecular weight is 345 g/mol. The van der Waals surface area contributed by atoms with E-state index in [0.29, 0.717) is 0 Å². The molecule has 0 aliphatic rings. The average Bonchev–Trinajstić information content (AvgIpc) is 2.72. The predicted octanol–water partition coefficient (Wildman–Crippen LogP) is 4.60. The van der Waals surface area contributed by atoms with Gasteiger partial charge in [-0.25, -0.2) is 0 Å². The molecule has 3 heteroatoms. The van der Waals surface area contributed by atoms with Crippen LogP contribution < -0.4 is 5.73 Å². The minimum atomic E-state index is -0.275. The lowest BCUT2D eigenvalue weighted by Gasteiger charge is -2.24. The molecule has 2 unspecified atom stereocenters. The summed E-state index contributed by atoms with van der Waals surface area (Å²) in [5, 5.41) is 0. The van der Waals surface area contributed by atoms with E-state index in [4.69, 9.17) is 10.5 Å². The molecular weight excluding hydrogens is 322 g/mol. The van der Waals surface area contributed by atoms with Gasteiger partial charge in [-0.1, -0.05) is 91.0 Å². The van der Waals surface area contributed by atoms with Crippen molar-refractivity contribution in [2.45, 2.75) is 25.0 Å². The van der Waals surface area contributed by atoms with Crippen molar-refractivity contribution in [2.24, 2.45) is 5.73 Å². The lowest BCUT2D eigenvalue weighted by atomic mass is 9.85. The Morgan fingerprint density at radius 1 is 0.769 bits per heavy atom. The smallest absolute Gasteiger partial charge is 0.306 e. The highest BCUT2D eigenvalue weighted by Crippen LogP contribution is 2.32. The highest BCUT2D eigenvalue weighted by molar-refractivity contribution is 5.71. The Kier molecular flexibility index (Phi) is 6.18. The molecule has 0 aliphatic heterocycles. The first-order valence-electron chi connectivity index (χ1n) is 8.79. The number of nitrogens with two attached hydrogens (primary N) is 1. The minimum Gasteiger partial charge on any atom is -0.461 e. The Bertz CT molecular complexity index is 803. The third kappa shape index (κ3) is 4.80. The fraction of sp³-hybridized carbons (Fsp3) is 0.174. The Labute approximate surface area is 154 Å². The Balaban J connectivity index is 1.72. The molecule has 2 N–H and O–H groups in total. The normalized spacial score (nSPS) is 13.0. The molecule has 132 valence electrons. The van der Waals surface area contributed by atoms with E-state index in [1.54, 1.807) is 0 Å². The van der Waals surface area contributed by atoms with Crippen LogP contribution in [0.2, 0.25) is 0 Å². The summed E-state index contributed by atoms with van der Waals surface area (Å²) in [5.41, 5.74) is 9.55. The second kappa shape index (κ2) is 8.97. The van der Waals surface area contributed by atoms with E-state index < -0.39 is 0 Å². The maximum Gasteiger partial charge on any atom is 0.306 e. The van der Waals surface area contributed by atoms with Crippen molar-refractivity contribution in [3.05, 3.63) is 108 Å². The number of hydrogen-bond acceptors (Lipinski definition) is 3. The molecule has 0 saturated heterocycles. The van der Waals surface area contributed by atoms with Gasteiger partial charge in [0.05, 0.1) is 6.42 Å². The lowest BCUT2D eigenvalue weighted by molar-refractivity contribution is -0.145. The third-order valence-corrected chi connectivity index (χ3v) is 4.47. The predicted molar refractivity (Wildman–Crippen MR) is 103 cm³/mol. The molecule has 26 heavy (non-hydrogen) atoms. The number of carbonyl (C=O) groups excluding carboxylic acids is 1. The highest BCUT2D eigenvalue weighted by Gasteiger charge is 2.25. The van der Waals surface area contributed by atoms with Crippen molar-refractivity contribution in [1.82, 2.24) is 0 Å². The molecule has 3 nitrogen and oxygen atoms in total. The van der Waals surface area contributed by atoms with Gasteiger partial charge in [0.2, 0.25) is 0 Å². The molecule has 0 spiro atoms. The number of carbonyl (C=O) groups is 1. The van der Waals surface area contributed by atoms with E-state index >= 15 is 0 Å². The molecule has 3 aromatic carbocycles. The number of rotatable bonds is 7. The Hall–Kier alpha value is -2.91. The SMILES string of the molecule is NC(c1ccccc1)C(CC(=O)OCc1ccccc1)c1ccccc1. The molecule has 0 saturated carbocycles. The topological polar surface area (TPSA) is 52.3 Å². The minimum absolute atomic E-state index is 0.137. The zero-order valence-electron chi connectivity index (χ0n) is 14.6. The van der Waals surface area contributed by atoms with Gasteiger partial charge in [0.25, 0.3) is 0 Å². The number of hydrogen-bond donors (Lipinski definition) is 1. The summed E-state index contributed by atoms with van der Waals surface area (Å²) in [7, 11) is 0. The van der Waals surface area contributed by atoms with Crippen LogP contribution in [0.1, 0.15) is 35.1 Å². The Morgan fingerprint density at radius 3 is 1.85 bits per heavy atom. The first kappa shape index (κ1) is 17.9. The van der Waals surface area contributed by atoms with Crippen molar-refractivity contribution in [2.75, 3.05) is 0 Å². The molecule has 3 aromatic rings. The summed E-state index contributed by atoms with van der Waals surface area (Å²) in [4.78, 5) is 12.5. The molecular formula is C23H23NO2. The van der Waals surface area contributed by atoms with E-state index in [-0.39, 0.29) is 31.0 Å². The molecule has 3 rings (SSSR count). The van der Waals surface area contributed by atoms with Crippen LogP contribution in [0.25, 0.3) is 0 Å². The molecule has 0 fully saturated rings. The quantitative estimate of drug-likeness (QED) is 0.637. The zero-order valence-corrected chi connectivity index (χ0v) is 14.6. The third-order valence-electron chi connectivity index (χ3n) is 4.47. The van der Waals surface area contributed by atoms with Crippen LogP contribution in [-0.4, -0.2) is 5.97 Å². The highest BCUT2D eigenvalue weighted by atomic mass is 16.5. The summed E-state index contributed by atoms with van der Waals surface area (Å²) in [5.74, 6) is -0.379. The van der Waals surface area contributed by atoms with Gasteiger partial charge in [-0.05, 0) is 16.7 Å². The maximum absolute atomic E-state index is 12.5.